The average Bonchev–Trinajstić information content (AvgIpc) is 2.44. The average molecular weight is 179 g/mol. The van der Waals surface area contributed by atoms with Gasteiger partial charge in [0.15, 0.2) is 0 Å². The number of rotatable bonds is 3. The monoisotopic (exact) mass is 179 g/mol. The number of nitrogens with one attached hydrogen (secondary N) is 1. The largest absolute Gasteiger partial charge is 0.307 e. The lowest BCUT2D eigenvalue weighted by atomic mass is 9.92. The highest BCUT2D eigenvalue weighted by atomic mass is 15.2. The van der Waals surface area contributed by atoms with Gasteiger partial charge >= 0.3 is 0 Å². The van der Waals surface area contributed by atoms with Gasteiger partial charge < -0.3 is 5.32 Å². The zero-order chi connectivity index (χ0) is 9.26. The first-order chi connectivity index (χ1) is 6.25. The minimum absolute atomic E-state index is 0.444. The summed E-state index contributed by atoms with van der Waals surface area (Å²) >= 11 is 0. The van der Waals surface area contributed by atoms with Crippen molar-refractivity contribution in [2.24, 2.45) is 7.05 Å². The maximum Gasteiger partial charge on any atom is 0.0537 e. The molecule has 0 radical (unpaired) electrons. The Morgan fingerprint density at radius 3 is 2.85 bits per heavy atom. The van der Waals surface area contributed by atoms with E-state index in [0.717, 1.165) is 6.04 Å². The van der Waals surface area contributed by atoms with E-state index in [1.54, 1.807) is 0 Å². The Morgan fingerprint density at radius 2 is 2.38 bits per heavy atom. The smallest absolute Gasteiger partial charge is 0.0537 e. The highest BCUT2D eigenvalue weighted by molar-refractivity contribution is 5.09. The summed E-state index contributed by atoms with van der Waals surface area (Å²) in [5, 5.41) is 7.76. The lowest BCUT2D eigenvalue weighted by Crippen LogP contribution is -2.36. The van der Waals surface area contributed by atoms with Gasteiger partial charge in [0, 0.05) is 30.9 Å². The maximum atomic E-state index is 4.17. The van der Waals surface area contributed by atoms with Crippen LogP contribution in [0, 0.1) is 0 Å². The fourth-order valence-corrected chi connectivity index (χ4v) is 1.69. The second-order valence-corrected chi connectivity index (χ2v) is 3.96. The second-order valence-electron chi connectivity index (χ2n) is 3.96. The predicted molar refractivity (Wildman–Crippen MR) is 52.4 cm³/mol. The zero-order valence-electron chi connectivity index (χ0n) is 8.33. The number of nitrogens with zero attached hydrogens (tertiary/aromatic N) is 2. The van der Waals surface area contributed by atoms with Crippen molar-refractivity contribution < 1.29 is 0 Å². The van der Waals surface area contributed by atoms with Crippen LogP contribution >= 0.6 is 0 Å². The van der Waals surface area contributed by atoms with Crippen LogP contribution in [0.1, 0.15) is 37.8 Å². The number of hydrogen-bond acceptors (Lipinski definition) is 2. The van der Waals surface area contributed by atoms with Crippen LogP contribution in [0.15, 0.2) is 12.4 Å². The van der Waals surface area contributed by atoms with Gasteiger partial charge in [0.2, 0.25) is 0 Å². The van der Waals surface area contributed by atoms with Gasteiger partial charge in [0.05, 0.1) is 6.20 Å². The Hall–Kier alpha value is -0.830. The fraction of sp³-hybridized carbons (Fsp3) is 0.700. The van der Waals surface area contributed by atoms with Gasteiger partial charge in [-0.3, -0.25) is 4.68 Å². The molecule has 0 aliphatic heterocycles. The van der Waals surface area contributed by atoms with Gasteiger partial charge in [-0.1, -0.05) is 6.42 Å². The van der Waals surface area contributed by atoms with Gasteiger partial charge in [0.1, 0.15) is 0 Å². The highest BCUT2D eigenvalue weighted by Gasteiger charge is 2.19. The quantitative estimate of drug-likeness (QED) is 0.764. The molecule has 3 heteroatoms. The second kappa shape index (κ2) is 3.50. The van der Waals surface area contributed by atoms with E-state index < -0.39 is 0 Å². The summed E-state index contributed by atoms with van der Waals surface area (Å²) in [7, 11) is 1.96. The molecule has 0 bridgehead atoms. The first kappa shape index (κ1) is 8.75. The van der Waals surface area contributed by atoms with Crippen LogP contribution in [0.5, 0.6) is 0 Å². The van der Waals surface area contributed by atoms with Gasteiger partial charge in [-0.15, -0.1) is 0 Å². The Morgan fingerprint density at radius 1 is 1.62 bits per heavy atom. The molecule has 0 amide bonds. The number of hydrogen-bond donors (Lipinski definition) is 1. The molecular weight excluding hydrogens is 162 g/mol. The van der Waals surface area contributed by atoms with Crippen LogP contribution in [-0.4, -0.2) is 15.8 Å². The summed E-state index contributed by atoms with van der Waals surface area (Å²) in [6.45, 7) is 2.20. The molecule has 1 atom stereocenters. The SMILES string of the molecule is CC(NC1CCC1)c1cnn(C)c1. The van der Waals surface area contributed by atoms with Crippen LogP contribution in [0.2, 0.25) is 0 Å². The van der Waals surface area contributed by atoms with Gasteiger partial charge in [-0.25, -0.2) is 0 Å². The van der Waals surface area contributed by atoms with Crippen molar-refractivity contribution in [3.05, 3.63) is 18.0 Å². The van der Waals surface area contributed by atoms with E-state index in [4.69, 9.17) is 0 Å². The molecule has 1 N–H and O–H groups in total. The molecule has 3 nitrogen and oxygen atoms in total. The zero-order valence-corrected chi connectivity index (χ0v) is 8.33. The Kier molecular flexibility index (Phi) is 2.36. The first-order valence-corrected chi connectivity index (χ1v) is 5.00. The van der Waals surface area contributed by atoms with Crippen molar-refractivity contribution >= 4 is 0 Å². The third kappa shape index (κ3) is 1.91. The normalized spacial score (nSPS) is 19.8. The molecule has 0 saturated heterocycles. The molecule has 1 aliphatic carbocycles. The van der Waals surface area contributed by atoms with Crippen molar-refractivity contribution in [3.63, 3.8) is 0 Å². The molecule has 0 aromatic carbocycles. The molecule has 1 aromatic rings. The van der Waals surface area contributed by atoms with Crippen molar-refractivity contribution in [3.8, 4) is 0 Å². The van der Waals surface area contributed by atoms with Crippen molar-refractivity contribution in [1.29, 1.82) is 0 Å². The summed E-state index contributed by atoms with van der Waals surface area (Å²) in [6, 6.07) is 1.19. The van der Waals surface area contributed by atoms with Crippen LogP contribution in [0.25, 0.3) is 0 Å². The molecule has 1 heterocycles. The minimum atomic E-state index is 0.444. The molecule has 1 aliphatic rings. The Labute approximate surface area is 79.1 Å². The van der Waals surface area contributed by atoms with E-state index in [2.05, 4.69) is 23.5 Å². The fourth-order valence-electron chi connectivity index (χ4n) is 1.69. The lowest BCUT2D eigenvalue weighted by molar-refractivity contribution is 0.313. The third-order valence-electron chi connectivity index (χ3n) is 2.82. The molecule has 2 rings (SSSR count). The van der Waals surface area contributed by atoms with Crippen molar-refractivity contribution in [1.82, 2.24) is 15.1 Å². The van der Waals surface area contributed by atoms with Gasteiger partial charge in [-0.2, -0.15) is 5.10 Å². The summed E-state index contributed by atoms with van der Waals surface area (Å²) in [6.07, 6.45) is 8.08. The maximum absolute atomic E-state index is 4.17. The predicted octanol–water partition coefficient (Wildman–Crippen LogP) is 1.62. The number of aryl methyl sites for hydroxylation is 1. The van der Waals surface area contributed by atoms with Crippen LogP contribution in [-0.2, 0) is 7.05 Å². The Balaban J connectivity index is 1.92. The van der Waals surface area contributed by atoms with Crippen LogP contribution in [0.4, 0.5) is 0 Å². The van der Waals surface area contributed by atoms with E-state index in [1.807, 2.05) is 17.9 Å². The van der Waals surface area contributed by atoms with E-state index in [1.165, 1.54) is 24.8 Å². The lowest BCUT2D eigenvalue weighted by Gasteiger charge is -2.29. The molecule has 13 heavy (non-hydrogen) atoms. The summed E-state index contributed by atoms with van der Waals surface area (Å²) < 4.78 is 1.86. The van der Waals surface area contributed by atoms with Gasteiger partial charge in [0.25, 0.3) is 0 Å². The minimum Gasteiger partial charge on any atom is -0.307 e. The number of aromatic nitrogens is 2. The molecule has 1 unspecified atom stereocenters. The summed E-state index contributed by atoms with van der Waals surface area (Å²) in [5.41, 5.74) is 1.29. The highest BCUT2D eigenvalue weighted by Crippen LogP contribution is 2.22. The molecule has 1 saturated carbocycles. The molecule has 1 fully saturated rings. The summed E-state index contributed by atoms with van der Waals surface area (Å²) in [5.74, 6) is 0. The van der Waals surface area contributed by atoms with Crippen LogP contribution < -0.4 is 5.32 Å². The Bertz CT molecular complexity index is 275. The van der Waals surface area contributed by atoms with Crippen molar-refractivity contribution in [2.45, 2.75) is 38.3 Å². The third-order valence-corrected chi connectivity index (χ3v) is 2.82. The standard InChI is InChI=1S/C10H17N3/c1-8(12-10-4-3-5-10)9-6-11-13(2)7-9/h6-8,10,12H,3-5H2,1-2H3. The molecule has 72 valence electrons. The van der Waals surface area contributed by atoms with E-state index in [0.29, 0.717) is 6.04 Å². The summed E-state index contributed by atoms with van der Waals surface area (Å²) in [4.78, 5) is 0. The van der Waals surface area contributed by atoms with Gasteiger partial charge in [-0.05, 0) is 19.8 Å². The molecule has 1 aromatic heterocycles. The molecule has 0 spiro atoms. The van der Waals surface area contributed by atoms with Crippen molar-refractivity contribution in [2.75, 3.05) is 0 Å². The van der Waals surface area contributed by atoms with E-state index in [9.17, 15) is 0 Å². The van der Waals surface area contributed by atoms with E-state index >= 15 is 0 Å². The topological polar surface area (TPSA) is 29.9 Å². The molecular formula is C10H17N3. The van der Waals surface area contributed by atoms with E-state index in [-0.39, 0.29) is 0 Å². The first-order valence-electron chi connectivity index (χ1n) is 5.00. The van der Waals surface area contributed by atoms with Crippen LogP contribution in [0.3, 0.4) is 0 Å².